The third-order valence-corrected chi connectivity index (χ3v) is 7.28. The number of thiophene rings is 2. The summed E-state index contributed by atoms with van der Waals surface area (Å²) in [5.41, 5.74) is -3.24. The summed E-state index contributed by atoms with van der Waals surface area (Å²) in [5.74, 6) is 0. The van der Waals surface area contributed by atoms with Crippen molar-refractivity contribution in [1.29, 1.82) is 0 Å². The van der Waals surface area contributed by atoms with Gasteiger partial charge in [0.05, 0.1) is 22.4 Å². The van der Waals surface area contributed by atoms with Crippen LogP contribution in [0.2, 0.25) is 0 Å². The molecule has 28 heavy (non-hydrogen) atoms. The summed E-state index contributed by atoms with van der Waals surface area (Å²) in [7, 11) is 3.43. The monoisotopic (exact) mass is 424 g/mol. The molecule has 0 aromatic carbocycles. The predicted octanol–water partition coefficient (Wildman–Crippen LogP) is 3.61. The highest BCUT2D eigenvalue weighted by atomic mass is 32.1. The highest BCUT2D eigenvalue weighted by molar-refractivity contribution is 7.35. The van der Waals surface area contributed by atoms with Gasteiger partial charge in [-0.2, -0.15) is 0 Å². The largest absolute Gasteiger partial charge is 0.426 e. The first kappa shape index (κ1) is 25.7. The molecule has 0 aliphatic carbocycles. The van der Waals surface area contributed by atoms with Crippen LogP contribution in [0.25, 0.3) is 9.40 Å². The second kappa shape index (κ2) is 9.19. The van der Waals surface area contributed by atoms with Crippen LogP contribution in [0.1, 0.15) is 69.2 Å². The highest BCUT2D eigenvalue weighted by Crippen LogP contribution is 2.28. The molecule has 2 aromatic rings. The fourth-order valence-corrected chi connectivity index (χ4v) is 3.83. The SMILES string of the molecule is CC.CC(C)(O)C(C)(C)O[B]c1cc2sc([B]OC(C)(C)C(C)(C)O)cc2s1. The normalized spacial score (nSPS) is 13.3. The van der Waals surface area contributed by atoms with Crippen LogP contribution < -0.4 is 9.55 Å². The van der Waals surface area contributed by atoms with Crippen molar-refractivity contribution in [3.63, 3.8) is 0 Å². The summed E-state index contributed by atoms with van der Waals surface area (Å²) < 4.78 is 16.0. The lowest BCUT2D eigenvalue weighted by Crippen LogP contribution is -2.49. The Balaban J connectivity index is 0.00000190. The number of fused-ring (bicyclic) bond motifs is 1. The van der Waals surface area contributed by atoms with E-state index < -0.39 is 22.4 Å². The average molecular weight is 424 g/mol. The minimum absolute atomic E-state index is 0.681. The smallest absolute Gasteiger partial charge is 0.341 e. The molecule has 8 heteroatoms. The van der Waals surface area contributed by atoms with Crippen LogP contribution in [0.15, 0.2) is 12.1 Å². The van der Waals surface area contributed by atoms with Crippen LogP contribution in [0, 0.1) is 0 Å². The van der Waals surface area contributed by atoms with Gasteiger partial charge in [0.25, 0.3) is 0 Å². The fraction of sp³-hybridized carbons (Fsp3) is 0.700. The van der Waals surface area contributed by atoms with E-state index in [0.29, 0.717) is 0 Å². The zero-order valence-electron chi connectivity index (χ0n) is 18.8. The van der Waals surface area contributed by atoms with E-state index in [0.717, 1.165) is 19.0 Å². The Kier molecular flexibility index (Phi) is 8.42. The number of hydrogen-bond acceptors (Lipinski definition) is 6. The van der Waals surface area contributed by atoms with Crippen LogP contribution >= 0.6 is 22.7 Å². The number of hydrogen-bond donors (Lipinski definition) is 2. The van der Waals surface area contributed by atoms with Crippen LogP contribution in [0.4, 0.5) is 0 Å². The van der Waals surface area contributed by atoms with Crippen LogP contribution in [0.3, 0.4) is 0 Å². The molecule has 2 rings (SSSR count). The van der Waals surface area contributed by atoms with Crippen molar-refractivity contribution < 1.29 is 19.5 Å². The van der Waals surface area contributed by atoms with E-state index in [4.69, 9.17) is 9.31 Å². The van der Waals surface area contributed by atoms with Gasteiger partial charge in [0.1, 0.15) is 0 Å². The van der Waals surface area contributed by atoms with Crippen molar-refractivity contribution >= 4 is 56.6 Å². The highest BCUT2D eigenvalue weighted by Gasteiger charge is 2.37. The Labute approximate surface area is 179 Å². The van der Waals surface area contributed by atoms with Gasteiger partial charge in [-0.25, -0.2) is 0 Å². The first-order chi connectivity index (χ1) is 12.6. The summed E-state index contributed by atoms with van der Waals surface area (Å²) in [6.45, 7) is 18.4. The molecule has 0 amide bonds. The molecule has 156 valence electrons. The van der Waals surface area contributed by atoms with E-state index in [2.05, 4.69) is 12.1 Å². The second-order valence-corrected chi connectivity index (χ2v) is 10.9. The van der Waals surface area contributed by atoms with Gasteiger partial charge in [0.15, 0.2) is 0 Å². The molecule has 0 atom stereocenters. The molecule has 0 aliphatic rings. The van der Waals surface area contributed by atoms with Gasteiger partial charge in [-0.05, 0) is 67.5 Å². The van der Waals surface area contributed by atoms with Gasteiger partial charge in [-0.1, -0.05) is 13.8 Å². The second-order valence-electron chi connectivity index (χ2n) is 8.64. The minimum atomic E-state index is -0.940. The van der Waals surface area contributed by atoms with Crippen molar-refractivity contribution in [1.82, 2.24) is 0 Å². The Hall–Kier alpha value is -0.370. The van der Waals surface area contributed by atoms with Crippen molar-refractivity contribution in [2.24, 2.45) is 0 Å². The summed E-state index contributed by atoms with van der Waals surface area (Å²) in [6, 6.07) is 4.15. The lowest BCUT2D eigenvalue weighted by Gasteiger charge is -2.37. The molecule has 0 unspecified atom stereocenters. The molecule has 4 nitrogen and oxygen atoms in total. The Morgan fingerprint density at radius 3 is 1.21 bits per heavy atom. The molecule has 2 aromatic heterocycles. The van der Waals surface area contributed by atoms with E-state index in [9.17, 15) is 10.2 Å². The van der Waals surface area contributed by atoms with Crippen LogP contribution in [-0.2, 0) is 9.31 Å². The molecule has 2 N–H and O–H groups in total. The Morgan fingerprint density at radius 2 is 0.964 bits per heavy atom. The molecule has 0 bridgehead atoms. The summed E-state index contributed by atoms with van der Waals surface area (Å²) in [4.78, 5) is 0. The molecule has 0 spiro atoms. The van der Waals surface area contributed by atoms with Gasteiger partial charge >= 0.3 is 15.0 Å². The molecular weight excluding hydrogens is 390 g/mol. The van der Waals surface area contributed by atoms with E-state index in [-0.39, 0.29) is 0 Å². The first-order valence-corrected chi connectivity index (χ1v) is 11.3. The molecule has 2 radical (unpaired) electrons. The first-order valence-electron chi connectivity index (χ1n) is 9.63. The maximum absolute atomic E-state index is 10.2. The third-order valence-electron chi connectivity index (χ3n) is 5.13. The van der Waals surface area contributed by atoms with E-state index in [1.165, 1.54) is 0 Å². The fourth-order valence-electron chi connectivity index (χ4n) is 1.69. The zero-order chi connectivity index (χ0) is 22.0. The maximum atomic E-state index is 10.2. The molecule has 2 heterocycles. The predicted molar refractivity (Wildman–Crippen MR) is 125 cm³/mol. The molecule has 0 aliphatic heterocycles. The number of rotatable bonds is 8. The molecule has 0 fully saturated rings. The summed E-state index contributed by atoms with van der Waals surface area (Å²) >= 11 is 3.26. The maximum Gasteiger partial charge on any atom is 0.341 e. The van der Waals surface area contributed by atoms with E-state index in [1.807, 2.05) is 41.5 Å². The van der Waals surface area contributed by atoms with Crippen molar-refractivity contribution in [3.8, 4) is 0 Å². The summed E-state index contributed by atoms with van der Waals surface area (Å²) in [6.07, 6.45) is 0. The van der Waals surface area contributed by atoms with E-state index >= 15 is 0 Å². The van der Waals surface area contributed by atoms with Crippen molar-refractivity contribution in [2.45, 2.75) is 91.6 Å². The quantitative estimate of drug-likeness (QED) is 0.636. The topological polar surface area (TPSA) is 58.9 Å². The van der Waals surface area contributed by atoms with Crippen LogP contribution in [0.5, 0.6) is 0 Å². The summed E-state index contributed by atoms with van der Waals surface area (Å²) in [5, 5.41) is 20.3. The zero-order valence-corrected chi connectivity index (χ0v) is 20.5. The number of aliphatic hydroxyl groups is 2. The molecule has 0 saturated heterocycles. The van der Waals surface area contributed by atoms with Gasteiger partial charge < -0.3 is 19.5 Å². The van der Waals surface area contributed by atoms with Gasteiger partial charge in [-0.3, -0.25) is 0 Å². The van der Waals surface area contributed by atoms with Crippen molar-refractivity contribution in [3.05, 3.63) is 12.1 Å². The van der Waals surface area contributed by atoms with Gasteiger partial charge in [0, 0.05) is 19.0 Å². The van der Waals surface area contributed by atoms with Crippen LogP contribution in [-0.4, -0.2) is 47.6 Å². The van der Waals surface area contributed by atoms with Gasteiger partial charge in [-0.15, -0.1) is 22.7 Å². The minimum Gasteiger partial charge on any atom is -0.426 e. The van der Waals surface area contributed by atoms with Crippen molar-refractivity contribution in [2.75, 3.05) is 0 Å². The Bertz CT molecular complexity index is 661. The third kappa shape index (κ3) is 6.31. The Morgan fingerprint density at radius 1 is 0.679 bits per heavy atom. The average Bonchev–Trinajstić information content (AvgIpc) is 3.09. The van der Waals surface area contributed by atoms with E-state index in [1.54, 1.807) is 65.3 Å². The molecule has 0 saturated carbocycles. The van der Waals surface area contributed by atoms with Gasteiger partial charge in [0.2, 0.25) is 0 Å². The standard InChI is InChI=1S/C18H28B2O4S2.C2H6/c1-15(2,21)17(5,6)23-19-13-9-11-12(25-13)10-14(26-11)20-24-18(7,8)16(3,4)22;1-2/h9-10,21-22H,1-8H3;1-2H3. The lowest BCUT2D eigenvalue weighted by atomic mass is 9.86. The lowest BCUT2D eigenvalue weighted by molar-refractivity contribution is -0.0892. The molecular formula is C20H34B2O4S2.